The molecule has 2 heteroatoms. The maximum atomic E-state index is 6.35. The predicted octanol–water partition coefficient (Wildman–Crippen LogP) is 4.84. The summed E-state index contributed by atoms with van der Waals surface area (Å²) in [7, 11) is 0. The average molecular weight is 266 g/mol. The van der Waals surface area contributed by atoms with E-state index in [1.54, 1.807) is 0 Å². The van der Waals surface area contributed by atoms with Gasteiger partial charge in [-0.05, 0) is 63.8 Å². The highest BCUT2D eigenvalue weighted by Gasteiger charge is 2.34. The molecule has 0 spiro atoms. The van der Waals surface area contributed by atoms with Crippen molar-refractivity contribution in [3.05, 3.63) is 34.3 Å². The highest BCUT2D eigenvalue weighted by Crippen LogP contribution is 2.40. The molecule has 1 aromatic rings. The van der Waals surface area contributed by atoms with Crippen molar-refractivity contribution in [2.45, 2.75) is 58.5 Å². The van der Waals surface area contributed by atoms with Gasteiger partial charge in [-0.1, -0.05) is 30.7 Å². The second-order valence-corrected chi connectivity index (χ2v) is 6.59. The van der Waals surface area contributed by atoms with Crippen molar-refractivity contribution >= 4 is 11.6 Å². The molecule has 0 bridgehead atoms. The number of rotatable bonds is 2. The van der Waals surface area contributed by atoms with E-state index in [2.05, 4.69) is 44.7 Å². The maximum Gasteiger partial charge on any atom is 0.0441 e. The Morgan fingerprint density at radius 3 is 2.67 bits per heavy atom. The zero-order chi connectivity index (χ0) is 13.3. The molecular weight excluding hydrogens is 242 g/mol. The van der Waals surface area contributed by atoms with E-state index in [1.807, 2.05) is 6.07 Å². The van der Waals surface area contributed by atoms with Crippen LogP contribution in [0, 0.1) is 0 Å². The molecule has 0 radical (unpaired) electrons. The third-order valence-corrected chi connectivity index (χ3v) is 4.34. The standard InChI is InChI=1S/C16H24ClN/c1-5-12-13(8-6-9-14(12)17)15-10-7-11-18(15)16(2,3)4/h6,8-9,15H,5,7,10-11H2,1-4H3/t15-/m0/s1. The number of hydrogen-bond donors (Lipinski definition) is 0. The number of likely N-dealkylation sites (tertiary alicyclic amines) is 1. The molecular formula is C16H24ClN. The van der Waals surface area contributed by atoms with E-state index < -0.39 is 0 Å². The first kappa shape index (κ1) is 13.9. The molecule has 1 nitrogen and oxygen atoms in total. The van der Waals surface area contributed by atoms with Crippen LogP contribution in [0.15, 0.2) is 18.2 Å². The summed E-state index contributed by atoms with van der Waals surface area (Å²) in [4.78, 5) is 2.62. The molecule has 1 atom stereocenters. The fourth-order valence-corrected chi connectivity index (χ4v) is 3.47. The number of halogens is 1. The molecule has 0 unspecified atom stereocenters. The lowest BCUT2D eigenvalue weighted by atomic mass is 9.94. The number of benzene rings is 1. The Hall–Kier alpha value is -0.530. The lowest BCUT2D eigenvalue weighted by Gasteiger charge is -2.38. The zero-order valence-corrected chi connectivity index (χ0v) is 12.7. The Balaban J connectivity index is 2.39. The highest BCUT2D eigenvalue weighted by molar-refractivity contribution is 6.31. The van der Waals surface area contributed by atoms with E-state index in [4.69, 9.17) is 11.6 Å². The molecule has 1 aromatic carbocycles. The molecule has 18 heavy (non-hydrogen) atoms. The predicted molar refractivity (Wildman–Crippen MR) is 79.3 cm³/mol. The highest BCUT2D eigenvalue weighted by atomic mass is 35.5. The molecule has 0 amide bonds. The Kier molecular flexibility index (Phi) is 4.03. The van der Waals surface area contributed by atoms with Crippen LogP contribution in [0.5, 0.6) is 0 Å². The van der Waals surface area contributed by atoms with E-state index in [-0.39, 0.29) is 5.54 Å². The van der Waals surface area contributed by atoms with Crippen LogP contribution in [0.2, 0.25) is 5.02 Å². The van der Waals surface area contributed by atoms with Crippen LogP contribution >= 0.6 is 11.6 Å². The van der Waals surface area contributed by atoms with Crippen LogP contribution in [-0.4, -0.2) is 17.0 Å². The second-order valence-electron chi connectivity index (χ2n) is 6.18. The minimum absolute atomic E-state index is 0.231. The summed E-state index contributed by atoms with van der Waals surface area (Å²) in [5.41, 5.74) is 3.01. The van der Waals surface area contributed by atoms with Crippen molar-refractivity contribution in [3.63, 3.8) is 0 Å². The molecule has 0 aromatic heterocycles. The summed E-state index contributed by atoms with van der Waals surface area (Å²) in [5, 5.41) is 0.927. The van der Waals surface area contributed by atoms with Crippen molar-refractivity contribution in [1.29, 1.82) is 0 Å². The van der Waals surface area contributed by atoms with Gasteiger partial charge >= 0.3 is 0 Å². The minimum Gasteiger partial charge on any atom is -0.291 e. The van der Waals surface area contributed by atoms with Crippen LogP contribution in [0.1, 0.15) is 57.7 Å². The maximum absolute atomic E-state index is 6.35. The zero-order valence-electron chi connectivity index (χ0n) is 12.0. The third-order valence-electron chi connectivity index (χ3n) is 3.98. The lowest BCUT2D eigenvalue weighted by Crippen LogP contribution is -2.40. The van der Waals surface area contributed by atoms with E-state index in [0.717, 1.165) is 11.4 Å². The fourth-order valence-electron chi connectivity index (χ4n) is 3.15. The summed E-state index contributed by atoms with van der Waals surface area (Å²) in [6.45, 7) is 10.3. The summed E-state index contributed by atoms with van der Waals surface area (Å²) >= 11 is 6.35. The smallest absolute Gasteiger partial charge is 0.0441 e. The van der Waals surface area contributed by atoms with Crippen molar-refractivity contribution in [1.82, 2.24) is 4.90 Å². The first-order valence-corrected chi connectivity index (χ1v) is 7.37. The Labute approximate surface area is 116 Å². The molecule has 2 rings (SSSR count). The van der Waals surface area contributed by atoms with E-state index in [0.29, 0.717) is 6.04 Å². The molecule has 0 saturated carbocycles. The van der Waals surface area contributed by atoms with Crippen molar-refractivity contribution in [3.8, 4) is 0 Å². The normalized spacial score (nSPS) is 21.5. The molecule has 1 saturated heterocycles. The van der Waals surface area contributed by atoms with E-state index in [1.165, 1.54) is 30.5 Å². The van der Waals surface area contributed by atoms with Gasteiger partial charge in [0.05, 0.1) is 0 Å². The van der Waals surface area contributed by atoms with Crippen LogP contribution in [0.3, 0.4) is 0 Å². The average Bonchev–Trinajstić information content (AvgIpc) is 2.77. The van der Waals surface area contributed by atoms with Gasteiger partial charge in [-0.15, -0.1) is 0 Å². The van der Waals surface area contributed by atoms with Crippen molar-refractivity contribution < 1.29 is 0 Å². The van der Waals surface area contributed by atoms with Gasteiger partial charge in [-0.2, -0.15) is 0 Å². The molecule has 0 N–H and O–H groups in total. The minimum atomic E-state index is 0.231. The van der Waals surface area contributed by atoms with Crippen molar-refractivity contribution in [2.75, 3.05) is 6.54 Å². The molecule has 1 heterocycles. The second kappa shape index (κ2) is 5.22. The largest absolute Gasteiger partial charge is 0.291 e. The SMILES string of the molecule is CCc1c(Cl)cccc1[C@@H]1CCCN1C(C)(C)C. The quantitative estimate of drug-likeness (QED) is 0.740. The Morgan fingerprint density at radius 2 is 2.06 bits per heavy atom. The fraction of sp³-hybridized carbons (Fsp3) is 0.625. The molecule has 100 valence electrons. The summed E-state index contributed by atoms with van der Waals surface area (Å²) in [5.74, 6) is 0. The van der Waals surface area contributed by atoms with Gasteiger partial charge in [0.1, 0.15) is 0 Å². The molecule has 1 aliphatic rings. The first-order chi connectivity index (χ1) is 8.45. The lowest BCUT2D eigenvalue weighted by molar-refractivity contribution is 0.121. The molecule has 0 aliphatic carbocycles. The van der Waals surface area contributed by atoms with Crippen LogP contribution in [0.25, 0.3) is 0 Å². The molecule has 1 aliphatic heterocycles. The van der Waals surface area contributed by atoms with Gasteiger partial charge in [-0.3, -0.25) is 4.90 Å². The topological polar surface area (TPSA) is 3.24 Å². The van der Waals surface area contributed by atoms with Crippen LogP contribution in [0.4, 0.5) is 0 Å². The van der Waals surface area contributed by atoms with Gasteiger partial charge < -0.3 is 0 Å². The Bertz CT molecular complexity index is 420. The van der Waals surface area contributed by atoms with Crippen LogP contribution < -0.4 is 0 Å². The van der Waals surface area contributed by atoms with E-state index in [9.17, 15) is 0 Å². The van der Waals surface area contributed by atoms with Gasteiger partial charge in [-0.25, -0.2) is 0 Å². The van der Waals surface area contributed by atoms with Crippen molar-refractivity contribution in [2.24, 2.45) is 0 Å². The summed E-state index contributed by atoms with van der Waals surface area (Å²) in [6, 6.07) is 6.91. The molecule has 1 fully saturated rings. The monoisotopic (exact) mass is 265 g/mol. The van der Waals surface area contributed by atoms with Gasteiger partial charge in [0, 0.05) is 16.6 Å². The summed E-state index contributed by atoms with van der Waals surface area (Å²) in [6.07, 6.45) is 3.56. The Morgan fingerprint density at radius 1 is 1.33 bits per heavy atom. The number of nitrogens with zero attached hydrogens (tertiary/aromatic N) is 1. The third kappa shape index (κ3) is 2.57. The number of hydrogen-bond acceptors (Lipinski definition) is 1. The van der Waals surface area contributed by atoms with E-state index >= 15 is 0 Å². The van der Waals surface area contributed by atoms with Gasteiger partial charge in [0.15, 0.2) is 0 Å². The van der Waals surface area contributed by atoms with Gasteiger partial charge in [0.25, 0.3) is 0 Å². The van der Waals surface area contributed by atoms with Gasteiger partial charge in [0.2, 0.25) is 0 Å². The summed E-state index contributed by atoms with van der Waals surface area (Å²) < 4.78 is 0. The first-order valence-electron chi connectivity index (χ1n) is 6.99. The van der Waals surface area contributed by atoms with Crippen LogP contribution in [-0.2, 0) is 6.42 Å².